The lowest BCUT2D eigenvalue weighted by Gasteiger charge is -2.25. The van der Waals surface area contributed by atoms with E-state index in [1.807, 2.05) is 32.9 Å². The molecule has 1 aliphatic rings. The largest absolute Gasteiger partial charge is 0.481 e. The molecule has 1 aliphatic carbocycles. The molecule has 0 fully saturated rings. The van der Waals surface area contributed by atoms with Gasteiger partial charge >= 0.3 is 0 Å². The molecule has 4 nitrogen and oxygen atoms in total. The second kappa shape index (κ2) is 6.06. The molecule has 116 valence electrons. The van der Waals surface area contributed by atoms with Gasteiger partial charge in [0.1, 0.15) is 5.75 Å². The Kier molecular flexibility index (Phi) is 4.57. The molecular formula is C17H26N2O2. The Labute approximate surface area is 127 Å². The Bertz CT molecular complexity index is 520. The molecule has 0 heterocycles. The van der Waals surface area contributed by atoms with E-state index in [4.69, 9.17) is 10.5 Å². The van der Waals surface area contributed by atoms with E-state index in [0.717, 1.165) is 24.8 Å². The monoisotopic (exact) mass is 290 g/mol. The standard InChI is InChI=1S/C17H26N2O2/c1-11(16(20)19-17(2,3)4)21-13-9-8-12-6-5-7-15(18)14(12)10-13/h8-11,15H,5-7,18H2,1-4H3,(H,19,20). The van der Waals surface area contributed by atoms with Gasteiger partial charge in [-0.1, -0.05) is 6.07 Å². The van der Waals surface area contributed by atoms with E-state index in [1.54, 1.807) is 6.92 Å². The summed E-state index contributed by atoms with van der Waals surface area (Å²) < 4.78 is 5.77. The number of amides is 1. The van der Waals surface area contributed by atoms with Gasteiger partial charge in [0, 0.05) is 11.6 Å². The lowest BCUT2D eigenvalue weighted by Crippen LogP contribution is -2.46. The highest BCUT2D eigenvalue weighted by Gasteiger charge is 2.22. The number of rotatable bonds is 3. The summed E-state index contributed by atoms with van der Waals surface area (Å²) in [5.41, 5.74) is 8.35. The van der Waals surface area contributed by atoms with Crippen molar-refractivity contribution in [2.75, 3.05) is 0 Å². The minimum Gasteiger partial charge on any atom is -0.481 e. The maximum atomic E-state index is 12.1. The van der Waals surface area contributed by atoms with Crippen LogP contribution in [0.5, 0.6) is 5.75 Å². The highest BCUT2D eigenvalue weighted by molar-refractivity contribution is 5.81. The molecule has 2 rings (SSSR count). The predicted molar refractivity (Wildman–Crippen MR) is 84.3 cm³/mol. The van der Waals surface area contributed by atoms with Crippen LogP contribution in [0, 0.1) is 0 Å². The number of nitrogens with one attached hydrogen (secondary N) is 1. The molecule has 0 radical (unpaired) electrons. The molecule has 2 unspecified atom stereocenters. The number of benzene rings is 1. The molecular weight excluding hydrogens is 264 g/mol. The van der Waals surface area contributed by atoms with Crippen molar-refractivity contribution in [3.63, 3.8) is 0 Å². The lowest BCUT2D eigenvalue weighted by atomic mass is 9.88. The van der Waals surface area contributed by atoms with Crippen LogP contribution in [0.4, 0.5) is 0 Å². The van der Waals surface area contributed by atoms with Gasteiger partial charge < -0.3 is 15.8 Å². The number of aryl methyl sites for hydroxylation is 1. The van der Waals surface area contributed by atoms with Crippen LogP contribution in [-0.2, 0) is 11.2 Å². The summed E-state index contributed by atoms with van der Waals surface area (Å²) in [6, 6.07) is 6.06. The molecule has 0 bridgehead atoms. The van der Waals surface area contributed by atoms with E-state index in [1.165, 1.54) is 5.56 Å². The van der Waals surface area contributed by atoms with Crippen molar-refractivity contribution in [2.24, 2.45) is 5.73 Å². The average molecular weight is 290 g/mol. The van der Waals surface area contributed by atoms with Gasteiger partial charge in [-0.05, 0) is 70.2 Å². The van der Waals surface area contributed by atoms with Gasteiger partial charge in [0.2, 0.25) is 0 Å². The second-order valence-corrected chi connectivity index (χ2v) is 6.86. The van der Waals surface area contributed by atoms with Gasteiger partial charge in [-0.25, -0.2) is 0 Å². The molecule has 0 saturated heterocycles. The van der Waals surface area contributed by atoms with Gasteiger partial charge in [0.15, 0.2) is 6.10 Å². The van der Waals surface area contributed by atoms with Crippen molar-refractivity contribution in [1.29, 1.82) is 0 Å². The van der Waals surface area contributed by atoms with Gasteiger partial charge in [0.05, 0.1) is 0 Å². The van der Waals surface area contributed by atoms with E-state index < -0.39 is 6.10 Å². The summed E-state index contributed by atoms with van der Waals surface area (Å²) in [6.07, 6.45) is 2.70. The zero-order valence-electron chi connectivity index (χ0n) is 13.4. The van der Waals surface area contributed by atoms with Crippen molar-refractivity contribution in [3.05, 3.63) is 29.3 Å². The van der Waals surface area contributed by atoms with Crippen LogP contribution in [0.3, 0.4) is 0 Å². The number of nitrogens with two attached hydrogens (primary N) is 1. The van der Waals surface area contributed by atoms with Crippen LogP contribution in [0.1, 0.15) is 57.7 Å². The molecule has 4 heteroatoms. The molecule has 1 amide bonds. The summed E-state index contributed by atoms with van der Waals surface area (Å²) >= 11 is 0. The SMILES string of the molecule is CC(Oc1ccc2c(c1)C(N)CCC2)C(=O)NC(C)(C)C. The molecule has 2 atom stereocenters. The van der Waals surface area contributed by atoms with Gasteiger partial charge in [-0.3, -0.25) is 4.79 Å². The number of fused-ring (bicyclic) bond motifs is 1. The Morgan fingerprint density at radius 1 is 1.43 bits per heavy atom. The minimum absolute atomic E-state index is 0.0796. The first-order valence-corrected chi connectivity index (χ1v) is 7.63. The molecule has 1 aromatic carbocycles. The van der Waals surface area contributed by atoms with Crippen molar-refractivity contribution in [3.8, 4) is 5.75 Å². The van der Waals surface area contributed by atoms with Crippen LogP contribution < -0.4 is 15.8 Å². The second-order valence-electron chi connectivity index (χ2n) is 6.86. The average Bonchev–Trinajstić information content (AvgIpc) is 2.37. The fourth-order valence-corrected chi connectivity index (χ4v) is 2.62. The quantitative estimate of drug-likeness (QED) is 0.899. The third-order valence-corrected chi connectivity index (χ3v) is 3.66. The number of hydrogen-bond donors (Lipinski definition) is 2. The first kappa shape index (κ1) is 15.8. The summed E-state index contributed by atoms with van der Waals surface area (Å²) in [6.45, 7) is 7.63. The van der Waals surface area contributed by atoms with Gasteiger partial charge in [0.25, 0.3) is 5.91 Å². The van der Waals surface area contributed by atoms with Crippen LogP contribution in [-0.4, -0.2) is 17.6 Å². The van der Waals surface area contributed by atoms with E-state index in [2.05, 4.69) is 11.4 Å². The fourth-order valence-electron chi connectivity index (χ4n) is 2.62. The Hall–Kier alpha value is -1.55. The summed E-state index contributed by atoms with van der Waals surface area (Å²) in [5.74, 6) is 0.604. The van der Waals surface area contributed by atoms with Crippen LogP contribution >= 0.6 is 0 Å². The summed E-state index contributed by atoms with van der Waals surface area (Å²) in [4.78, 5) is 12.1. The topological polar surface area (TPSA) is 64.3 Å². The van der Waals surface area contributed by atoms with E-state index in [-0.39, 0.29) is 17.5 Å². The minimum atomic E-state index is -0.526. The number of ether oxygens (including phenoxy) is 1. The van der Waals surface area contributed by atoms with Crippen molar-refractivity contribution < 1.29 is 9.53 Å². The summed E-state index contributed by atoms with van der Waals surface area (Å²) in [7, 11) is 0. The Morgan fingerprint density at radius 3 is 2.81 bits per heavy atom. The molecule has 0 aromatic heterocycles. The number of carbonyl (C=O) groups excluding carboxylic acids is 1. The maximum absolute atomic E-state index is 12.1. The lowest BCUT2D eigenvalue weighted by molar-refractivity contribution is -0.128. The smallest absolute Gasteiger partial charge is 0.261 e. The van der Waals surface area contributed by atoms with E-state index in [9.17, 15) is 4.79 Å². The Morgan fingerprint density at radius 2 is 2.14 bits per heavy atom. The first-order valence-electron chi connectivity index (χ1n) is 7.63. The molecule has 21 heavy (non-hydrogen) atoms. The highest BCUT2D eigenvalue weighted by Crippen LogP contribution is 2.31. The Balaban J connectivity index is 2.06. The zero-order valence-corrected chi connectivity index (χ0v) is 13.4. The first-order chi connectivity index (χ1) is 9.76. The molecule has 0 saturated carbocycles. The van der Waals surface area contributed by atoms with Crippen molar-refractivity contribution in [1.82, 2.24) is 5.32 Å². The van der Waals surface area contributed by atoms with E-state index in [0.29, 0.717) is 5.75 Å². The highest BCUT2D eigenvalue weighted by atomic mass is 16.5. The molecule has 3 N–H and O–H groups in total. The van der Waals surface area contributed by atoms with Gasteiger partial charge in [-0.15, -0.1) is 0 Å². The normalized spacial score (nSPS) is 19.6. The maximum Gasteiger partial charge on any atom is 0.261 e. The number of hydrogen-bond acceptors (Lipinski definition) is 3. The predicted octanol–water partition coefficient (Wildman–Crippen LogP) is 2.70. The third kappa shape index (κ3) is 4.21. The third-order valence-electron chi connectivity index (χ3n) is 3.66. The number of carbonyl (C=O) groups is 1. The van der Waals surface area contributed by atoms with Gasteiger partial charge in [-0.2, -0.15) is 0 Å². The molecule has 1 aromatic rings. The van der Waals surface area contributed by atoms with Crippen LogP contribution in [0.25, 0.3) is 0 Å². The zero-order chi connectivity index (χ0) is 15.6. The van der Waals surface area contributed by atoms with Crippen molar-refractivity contribution >= 4 is 5.91 Å². The van der Waals surface area contributed by atoms with Crippen molar-refractivity contribution in [2.45, 2.75) is 64.6 Å². The fraction of sp³-hybridized carbons (Fsp3) is 0.588. The van der Waals surface area contributed by atoms with E-state index >= 15 is 0 Å². The van der Waals surface area contributed by atoms with Crippen LogP contribution in [0.2, 0.25) is 0 Å². The van der Waals surface area contributed by atoms with Crippen LogP contribution in [0.15, 0.2) is 18.2 Å². The summed E-state index contributed by atoms with van der Waals surface area (Å²) in [5, 5.41) is 2.92. The molecule has 0 spiro atoms. The molecule has 0 aliphatic heterocycles.